The Morgan fingerprint density at radius 2 is 2.33 bits per heavy atom. The Hall–Kier alpha value is -1.25. The molecule has 0 bridgehead atoms. The molecule has 0 aromatic carbocycles. The first-order valence-electron chi connectivity index (χ1n) is 2.61. The molecule has 0 unspecified atom stereocenters. The Morgan fingerprint density at radius 1 is 1.56 bits per heavy atom. The Kier molecular flexibility index (Phi) is 1.53. The maximum Gasteiger partial charge on any atom is 0.117 e. The first kappa shape index (κ1) is 5.88. The minimum absolute atomic E-state index is 0.133. The number of hydrogen-bond donors (Lipinski definition) is 2. The van der Waals surface area contributed by atoms with Crippen molar-refractivity contribution in [2.45, 2.75) is 6.42 Å². The van der Waals surface area contributed by atoms with Gasteiger partial charge < -0.3 is 10.3 Å². The third-order valence-corrected chi connectivity index (χ3v) is 1.06. The lowest BCUT2D eigenvalue weighted by Gasteiger charge is -1.99. The van der Waals surface area contributed by atoms with Crippen LogP contribution in [-0.2, 0) is 0 Å². The third-order valence-electron chi connectivity index (χ3n) is 1.06. The van der Waals surface area contributed by atoms with Gasteiger partial charge in [-0.2, -0.15) is 0 Å². The molecule has 0 heterocycles. The van der Waals surface area contributed by atoms with E-state index in [9.17, 15) is 0 Å². The number of nitrogens with zero attached hydrogens (tertiary/aromatic N) is 1. The van der Waals surface area contributed by atoms with Crippen LogP contribution in [0.15, 0.2) is 29.1 Å². The summed E-state index contributed by atoms with van der Waals surface area (Å²) in [6.07, 6.45) is 5.29. The van der Waals surface area contributed by atoms with E-state index in [0.29, 0.717) is 12.1 Å². The van der Waals surface area contributed by atoms with Crippen molar-refractivity contribution >= 4 is 5.71 Å². The van der Waals surface area contributed by atoms with Crippen molar-refractivity contribution < 1.29 is 10.3 Å². The van der Waals surface area contributed by atoms with E-state index in [1.54, 1.807) is 12.2 Å². The molecule has 3 nitrogen and oxygen atoms in total. The lowest BCUT2D eigenvalue weighted by Crippen LogP contribution is -1.97. The van der Waals surface area contributed by atoms with E-state index in [2.05, 4.69) is 5.16 Å². The molecule has 0 aromatic rings. The molecule has 1 aliphatic carbocycles. The van der Waals surface area contributed by atoms with Crippen LogP contribution < -0.4 is 0 Å². The molecule has 0 amide bonds. The van der Waals surface area contributed by atoms with Crippen molar-refractivity contribution in [3.8, 4) is 0 Å². The second-order valence-corrected chi connectivity index (χ2v) is 1.77. The molecule has 1 aliphatic rings. The zero-order valence-corrected chi connectivity index (χ0v) is 4.78. The van der Waals surface area contributed by atoms with E-state index in [1.807, 2.05) is 0 Å². The maximum atomic E-state index is 8.79. The van der Waals surface area contributed by atoms with Crippen LogP contribution >= 0.6 is 0 Å². The topological polar surface area (TPSA) is 52.8 Å². The molecule has 48 valence electrons. The number of aliphatic hydroxyl groups excluding tert-OH is 1. The summed E-state index contributed by atoms with van der Waals surface area (Å²) in [5, 5.41) is 19.9. The number of hydrogen-bond acceptors (Lipinski definition) is 3. The first-order chi connectivity index (χ1) is 4.33. The summed E-state index contributed by atoms with van der Waals surface area (Å²) in [5.74, 6) is 0.133. The van der Waals surface area contributed by atoms with Gasteiger partial charge >= 0.3 is 0 Å². The van der Waals surface area contributed by atoms with E-state index >= 15 is 0 Å². The molecule has 0 saturated heterocycles. The zero-order chi connectivity index (χ0) is 6.69. The van der Waals surface area contributed by atoms with E-state index < -0.39 is 0 Å². The van der Waals surface area contributed by atoms with E-state index in [0.717, 1.165) is 0 Å². The molecule has 0 aliphatic heterocycles. The fourth-order valence-corrected chi connectivity index (χ4v) is 0.648. The molecule has 0 fully saturated rings. The van der Waals surface area contributed by atoms with E-state index in [4.69, 9.17) is 10.3 Å². The highest BCUT2D eigenvalue weighted by molar-refractivity contribution is 5.97. The van der Waals surface area contributed by atoms with Crippen molar-refractivity contribution in [1.29, 1.82) is 0 Å². The third kappa shape index (κ3) is 1.32. The summed E-state index contributed by atoms with van der Waals surface area (Å²) < 4.78 is 0. The smallest absolute Gasteiger partial charge is 0.117 e. The highest BCUT2D eigenvalue weighted by atomic mass is 16.4. The minimum atomic E-state index is 0.133. The highest BCUT2D eigenvalue weighted by Crippen LogP contribution is 2.03. The Balaban J connectivity index is 2.78. The average Bonchev–Trinajstić information content (AvgIpc) is 1.88. The normalized spacial score (nSPS) is 22.2. The van der Waals surface area contributed by atoms with E-state index in [1.165, 1.54) is 6.08 Å². The van der Waals surface area contributed by atoms with Gasteiger partial charge in [0.2, 0.25) is 0 Å². The lowest BCUT2D eigenvalue weighted by atomic mass is 10.1. The van der Waals surface area contributed by atoms with Crippen LogP contribution in [0.2, 0.25) is 0 Å². The quantitative estimate of drug-likeness (QED) is 0.377. The lowest BCUT2D eigenvalue weighted by molar-refractivity contribution is 0.318. The fourth-order valence-electron chi connectivity index (χ4n) is 0.648. The second kappa shape index (κ2) is 2.35. The van der Waals surface area contributed by atoms with Crippen molar-refractivity contribution in [1.82, 2.24) is 0 Å². The van der Waals surface area contributed by atoms with Crippen molar-refractivity contribution in [2.24, 2.45) is 5.16 Å². The van der Waals surface area contributed by atoms with Gasteiger partial charge in [-0.1, -0.05) is 11.2 Å². The first-order valence-corrected chi connectivity index (χ1v) is 2.61. The Bertz CT molecular complexity index is 191. The predicted octanol–water partition coefficient (Wildman–Crippen LogP) is 1.22. The van der Waals surface area contributed by atoms with Crippen LogP contribution in [0.25, 0.3) is 0 Å². The zero-order valence-electron chi connectivity index (χ0n) is 4.78. The van der Waals surface area contributed by atoms with Gasteiger partial charge in [-0.05, 0) is 6.08 Å². The summed E-state index contributed by atoms with van der Waals surface area (Å²) in [6.45, 7) is 0. The van der Waals surface area contributed by atoms with Crippen LogP contribution in [0.3, 0.4) is 0 Å². The van der Waals surface area contributed by atoms with Gasteiger partial charge in [0.1, 0.15) is 5.76 Å². The number of allylic oxidation sites excluding steroid dienone is 3. The predicted molar refractivity (Wildman–Crippen MR) is 33.7 cm³/mol. The standard InChI is InChI=1S/C6H7NO2/c8-6-3-1-2-5(4-6)7-9/h1,3-4,8-9H,2H2/b7-5+. The molecule has 9 heavy (non-hydrogen) atoms. The second-order valence-electron chi connectivity index (χ2n) is 1.77. The number of aliphatic hydroxyl groups is 1. The molecular formula is C6H7NO2. The van der Waals surface area contributed by atoms with Gasteiger partial charge in [-0.15, -0.1) is 0 Å². The molecule has 0 spiro atoms. The van der Waals surface area contributed by atoms with Gasteiger partial charge in [0.05, 0.1) is 5.71 Å². The molecule has 0 radical (unpaired) electrons. The molecular weight excluding hydrogens is 118 g/mol. The van der Waals surface area contributed by atoms with Crippen LogP contribution in [0.5, 0.6) is 0 Å². The number of oxime groups is 1. The van der Waals surface area contributed by atoms with Crippen LogP contribution in [0, 0.1) is 0 Å². The molecule has 3 heteroatoms. The highest BCUT2D eigenvalue weighted by Gasteiger charge is 1.99. The van der Waals surface area contributed by atoms with E-state index in [-0.39, 0.29) is 5.76 Å². The molecule has 2 N–H and O–H groups in total. The maximum absolute atomic E-state index is 8.79. The summed E-state index contributed by atoms with van der Waals surface area (Å²) >= 11 is 0. The summed E-state index contributed by atoms with van der Waals surface area (Å²) in [6, 6.07) is 0. The monoisotopic (exact) mass is 125 g/mol. The van der Waals surface area contributed by atoms with Gasteiger partial charge in [-0.25, -0.2) is 0 Å². The van der Waals surface area contributed by atoms with Gasteiger partial charge in [0.25, 0.3) is 0 Å². The fraction of sp³-hybridized carbons (Fsp3) is 0.167. The molecule has 0 saturated carbocycles. The number of rotatable bonds is 0. The largest absolute Gasteiger partial charge is 0.508 e. The average molecular weight is 125 g/mol. The summed E-state index contributed by atoms with van der Waals surface area (Å²) in [4.78, 5) is 0. The van der Waals surface area contributed by atoms with Crippen molar-refractivity contribution in [2.75, 3.05) is 0 Å². The Morgan fingerprint density at radius 3 is 2.78 bits per heavy atom. The summed E-state index contributed by atoms with van der Waals surface area (Å²) in [5.41, 5.74) is 0.481. The molecule has 0 aromatic heterocycles. The van der Waals surface area contributed by atoms with Gasteiger partial charge in [0.15, 0.2) is 0 Å². The van der Waals surface area contributed by atoms with Crippen molar-refractivity contribution in [3.63, 3.8) is 0 Å². The summed E-state index contributed by atoms with van der Waals surface area (Å²) in [7, 11) is 0. The van der Waals surface area contributed by atoms with Gasteiger partial charge in [0, 0.05) is 12.5 Å². The minimum Gasteiger partial charge on any atom is -0.508 e. The van der Waals surface area contributed by atoms with Gasteiger partial charge in [-0.3, -0.25) is 0 Å². The Labute approximate surface area is 52.6 Å². The molecule has 1 rings (SSSR count). The van der Waals surface area contributed by atoms with Crippen molar-refractivity contribution in [3.05, 3.63) is 24.0 Å². The van der Waals surface area contributed by atoms with Crippen LogP contribution in [0.4, 0.5) is 0 Å². The van der Waals surface area contributed by atoms with Crippen LogP contribution in [-0.4, -0.2) is 16.0 Å². The SMILES string of the molecule is O/N=C1/C=C(O)C=CC1. The molecule has 0 atom stereocenters. The van der Waals surface area contributed by atoms with Crippen LogP contribution in [0.1, 0.15) is 6.42 Å².